The van der Waals surface area contributed by atoms with Crippen LogP contribution >= 0.6 is 11.6 Å². The zero-order valence-corrected chi connectivity index (χ0v) is 14.8. The summed E-state index contributed by atoms with van der Waals surface area (Å²) in [5.74, 6) is 0.248. The van der Waals surface area contributed by atoms with Crippen molar-refractivity contribution in [2.75, 3.05) is 0 Å². The lowest BCUT2D eigenvalue weighted by Gasteiger charge is -2.12. The van der Waals surface area contributed by atoms with Crippen molar-refractivity contribution in [1.82, 2.24) is 15.3 Å². The van der Waals surface area contributed by atoms with Crippen molar-refractivity contribution in [3.63, 3.8) is 0 Å². The van der Waals surface area contributed by atoms with Crippen LogP contribution in [0.1, 0.15) is 54.7 Å². The molecule has 1 aromatic carbocycles. The smallest absolute Gasteiger partial charge is 0.345 e. The summed E-state index contributed by atoms with van der Waals surface area (Å²) in [6.07, 6.45) is 0. The third kappa shape index (κ3) is 3.74. The predicted octanol–water partition coefficient (Wildman–Crippen LogP) is 3.78. The van der Waals surface area contributed by atoms with E-state index in [1.807, 2.05) is 19.9 Å². The van der Waals surface area contributed by atoms with Crippen molar-refractivity contribution in [3.8, 4) is 0 Å². The number of aromatic amines is 1. The summed E-state index contributed by atoms with van der Waals surface area (Å²) in [5.41, 5.74) is 0.897. The third-order valence-electron chi connectivity index (χ3n) is 3.89. The van der Waals surface area contributed by atoms with Gasteiger partial charge in [-0.15, -0.1) is 0 Å². The molecule has 0 fully saturated rings. The Morgan fingerprint density at radius 2 is 2.00 bits per heavy atom. The van der Waals surface area contributed by atoms with Crippen molar-refractivity contribution in [2.24, 2.45) is 0 Å². The number of hydrogen-bond acceptors (Lipinski definition) is 4. The Kier molecular flexibility index (Phi) is 4.63. The van der Waals surface area contributed by atoms with Gasteiger partial charge in [0.15, 0.2) is 0 Å². The average Bonchev–Trinajstić information content (AvgIpc) is 2.97. The predicted molar refractivity (Wildman–Crippen MR) is 96.1 cm³/mol. The third-order valence-corrected chi connectivity index (χ3v) is 4.13. The second kappa shape index (κ2) is 6.72. The number of carbonyl (C=O) groups is 1. The fourth-order valence-electron chi connectivity index (χ4n) is 2.49. The Balaban J connectivity index is 1.83. The Labute approximate surface area is 149 Å². The fourth-order valence-corrected chi connectivity index (χ4v) is 2.67. The first-order valence-electron chi connectivity index (χ1n) is 7.94. The number of aromatic nitrogens is 2. The Hall–Kier alpha value is -2.60. The van der Waals surface area contributed by atoms with Crippen LogP contribution in [0.25, 0.3) is 11.0 Å². The molecule has 1 atom stereocenters. The van der Waals surface area contributed by atoms with Crippen LogP contribution in [-0.2, 0) is 0 Å². The molecule has 1 amide bonds. The van der Waals surface area contributed by atoms with E-state index >= 15 is 0 Å². The van der Waals surface area contributed by atoms with Gasteiger partial charge in [0.25, 0.3) is 5.91 Å². The largest absolute Gasteiger partial charge is 0.459 e. The quantitative estimate of drug-likeness (QED) is 0.741. The number of rotatable bonds is 4. The molecule has 0 aliphatic heterocycles. The summed E-state index contributed by atoms with van der Waals surface area (Å²) in [4.78, 5) is 30.5. The van der Waals surface area contributed by atoms with Gasteiger partial charge in [-0.25, -0.2) is 4.79 Å². The van der Waals surface area contributed by atoms with Gasteiger partial charge < -0.3 is 14.7 Å². The van der Waals surface area contributed by atoms with Gasteiger partial charge in [0, 0.05) is 16.1 Å². The minimum atomic E-state index is -0.539. The van der Waals surface area contributed by atoms with E-state index in [1.165, 1.54) is 0 Å². The van der Waals surface area contributed by atoms with Gasteiger partial charge in [-0.2, -0.15) is 4.98 Å². The summed E-state index contributed by atoms with van der Waals surface area (Å²) in [7, 11) is 0. The second-order valence-corrected chi connectivity index (χ2v) is 6.64. The lowest BCUT2D eigenvalue weighted by atomic mass is 10.1. The van der Waals surface area contributed by atoms with Gasteiger partial charge >= 0.3 is 5.69 Å². The highest BCUT2D eigenvalue weighted by Crippen LogP contribution is 2.26. The van der Waals surface area contributed by atoms with Gasteiger partial charge in [0.2, 0.25) is 0 Å². The van der Waals surface area contributed by atoms with E-state index in [9.17, 15) is 9.59 Å². The molecule has 0 bridgehead atoms. The zero-order valence-electron chi connectivity index (χ0n) is 14.1. The normalized spacial score (nSPS) is 12.5. The molecule has 25 heavy (non-hydrogen) atoms. The van der Waals surface area contributed by atoms with E-state index in [2.05, 4.69) is 15.3 Å². The van der Waals surface area contributed by atoms with E-state index in [-0.39, 0.29) is 17.7 Å². The number of fused-ring (bicyclic) bond motifs is 1. The molecule has 0 saturated heterocycles. The van der Waals surface area contributed by atoms with Crippen LogP contribution in [-0.4, -0.2) is 15.9 Å². The Morgan fingerprint density at radius 1 is 1.24 bits per heavy atom. The fraction of sp³-hybridized carbons (Fsp3) is 0.278. The maximum Gasteiger partial charge on any atom is 0.345 e. The highest BCUT2D eigenvalue weighted by Gasteiger charge is 2.18. The highest BCUT2D eigenvalue weighted by atomic mass is 35.5. The molecule has 0 aliphatic carbocycles. The van der Waals surface area contributed by atoms with Gasteiger partial charge in [0.05, 0.1) is 6.04 Å². The first kappa shape index (κ1) is 17.2. The second-order valence-electron chi connectivity index (χ2n) is 6.21. The lowest BCUT2D eigenvalue weighted by molar-refractivity contribution is 0.0930. The molecule has 0 aliphatic rings. The maximum absolute atomic E-state index is 12.4. The highest BCUT2D eigenvalue weighted by molar-refractivity contribution is 6.31. The number of carbonyl (C=O) groups excluding carboxylic acids is 1. The van der Waals surface area contributed by atoms with Gasteiger partial charge in [-0.1, -0.05) is 25.4 Å². The summed E-state index contributed by atoms with van der Waals surface area (Å²) >= 11 is 5.97. The standard InChI is InChI=1S/C18H18ClN3O3/c1-9(2)13-8-14(22-18(24)21-13)17(23)20-10(3)16-7-11-6-12(19)4-5-15(11)25-16/h4-10H,1-3H3,(H,20,23)(H,21,22,24)/t10-/m1/s1. The Morgan fingerprint density at radius 3 is 2.72 bits per heavy atom. The van der Waals surface area contributed by atoms with Crippen molar-refractivity contribution < 1.29 is 9.21 Å². The van der Waals surface area contributed by atoms with Crippen molar-refractivity contribution in [3.05, 3.63) is 63.0 Å². The van der Waals surface area contributed by atoms with E-state index in [4.69, 9.17) is 16.0 Å². The molecule has 3 rings (SSSR count). The SMILES string of the molecule is CC(C)c1cc(C(=O)N[C@H](C)c2cc3cc(Cl)ccc3o2)nc(=O)[nH]1. The molecule has 0 saturated carbocycles. The van der Waals surface area contributed by atoms with Crippen molar-refractivity contribution >= 4 is 28.5 Å². The van der Waals surface area contributed by atoms with Crippen LogP contribution < -0.4 is 11.0 Å². The summed E-state index contributed by atoms with van der Waals surface area (Å²) in [5, 5.41) is 4.28. The summed E-state index contributed by atoms with van der Waals surface area (Å²) in [6, 6.07) is 8.36. The molecule has 2 heterocycles. The number of H-pyrrole nitrogens is 1. The van der Waals surface area contributed by atoms with Gasteiger partial charge in [0.1, 0.15) is 17.0 Å². The van der Waals surface area contributed by atoms with Gasteiger partial charge in [-0.3, -0.25) is 4.79 Å². The maximum atomic E-state index is 12.4. The zero-order chi connectivity index (χ0) is 18.1. The van der Waals surface area contributed by atoms with E-state index < -0.39 is 11.6 Å². The molecule has 0 unspecified atom stereocenters. The Bertz CT molecular complexity index is 991. The van der Waals surface area contributed by atoms with Crippen LogP contribution in [0.4, 0.5) is 0 Å². The first-order chi connectivity index (χ1) is 11.8. The van der Waals surface area contributed by atoms with Crippen LogP contribution in [0, 0.1) is 0 Å². The minimum Gasteiger partial charge on any atom is -0.459 e. The summed E-state index contributed by atoms with van der Waals surface area (Å²) < 4.78 is 5.75. The number of amides is 1. The number of nitrogens with one attached hydrogen (secondary N) is 2. The first-order valence-corrected chi connectivity index (χ1v) is 8.32. The number of furan rings is 1. The molecular formula is C18H18ClN3O3. The molecule has 0 radical (unpaired) electrons. The van der Waals surface area contributed by atoms with E-state index in [1.54, 1.807) is 31.2 Å². The summed E-state index contributed by atoms with van der Waals surface area (Å²) in [6.45, 7) is 5.65. The molecular weight excluding hydrogens is 342 g/mol. The number of benzene rings is 1. The molecule has 130 valence electrons. The minimum absolute atomic E-state index is 0.0819. The average molecular weight is 360 g/mol. The lowest BCUT2D eigenvalue weighted by Crippen LogP contribution is -2.30. The van der Waals surface area contributed by atoms with Gasteiger partial charge in [-0.05, 0) is 43.2 Å². The molecule has 7 heteroatoms. The van der Waals surface area contributed by atoms with Crippen molar-refractivity contribution in [1.29, 1.82) is 0 Å². The number of nitrogens with zero attached hydrogens (tertiary/aromatic N) is 1. The van der Waals surface area contributed by atoms with Crippen LogP contribution in [0.15, 0.2) is 39.5 Å². The number of hydrogen-bond donors (Lipinski definition) is 2. The van der Waals surface area contributed by atoms with Crippen LogP contribution in [0.5, 0.6) is 0 Å². The monoisotopic (exact) mass is 359 g/mol. The van der Waals surface area contributed by atoms with E-state index in [0.717, 1.165) is 5.39 Å². The molecule has 6 nitrogen and oxygen atoms in total. The van der Waals surface area contributed by atoms with Crippen LogP contribution in [0.3, 0.4) is 0 Å². The van der Waals surface area contributed by atoms with E-state index in [0.29, 0.717) is 22.1 Å². The molecule has 2 N–H and O–H groups in total. The molecule has 3 aromatic rings. The topological polar surface area (TPSA) is 88.0 Å². The molecule has 2 aromatic heterocycles. The number of halogens is 1. The van der Waals surface area contributed by atoms with Crippen molar-refractivity contribution in [2.45, 2.75) is 32.7 Å². The van der Waals surface area contributed by atoms with Crippen LogP contribution in [0.2, 0.25) is 5.02 Å². The molecule has 0 spiro atoms.